The molecule has 0 aliphatic carbocycles. The molecule has 9 heteroatoms. The largest absolute Gasteiger partial charge is 0.385 e. The number of thioether (sulfide) groups is 1. The summed E-state index contributed by atoms with van der Waals surface area (Å²) in [5, 5.41) is 0. The van der Waals surface area contributed by atoms with Crippen molar-refractivity contribution < 1.29 is 17.9 Å². The average Bonchev–Trinajstić information content (AvgIpc) is 2.98. The number of sulfone groups is 1. The lowest BCUT2D eigenvalue weighted by Crippen LogP contribution is -2.33. The standard InChI is InChI=1S/C14H22N2O4S3/c1-3-15(11-5-8-23(18,19)10-11)9-12-13(17)16(14(21)22-12)6-4-7-20-2/h9,11H,3-8,10H2,1-2H3/b12-9+. The Bertz CT molecular complexity index is 603. The van der Waals surface area contributed by atoms with Gasteiger partial charge in [-0.25, -0.2) is 8.42 Å². The van der Waals surface area contributed by atoms with Crippen LogP contribution in [0, 0.1) is 0 Å². The first kappa shape index (κ1) is 18.7. The smallest absolute Gasteiger partial charge is 0.267 e. The number of carbonyl (C=O) groups excluding carboxylic acids is 1. The molecule has 0 bridgehead atoms. The molecular formula is C14H22N2O4S3. The molecule has 0 aromatic carbocycles. The highest BCUT2D eigenvalue weighted by molar-refractivity contribution is 8.26. The molecule has 0 saturated carbocycles. The van der Waals surface area contributed by atoms with Gasteiger partial charge in [-0.05, 0) is 19.8 Å². The van der Waals surface area contributed by atoms with Crippen LogP contribution in [0.25, 0.3) is 0 Å². The van der Waals surface area contributed by atoms with E-state index in [2.05, 4.69) is 0 Å². The molecule has 2 heterocycles. The van der Waals surface area contributed by atoms with E-state index in [9.17, 15) is 13.2 Å². The number of thiocarbonyl (C=S) groups is 1. The molecule has 0 N–H and O–H groups in total. The van der Waals surface area contributed by atoms with Crippen molar-refractivity contribution in [2.45, 2.75) is 25.8 Å². The molecule has 1 amide bonds. The van der Waals surface area contributed by atoms with E-state index in [0.717, 1.165) is 6.42 Å². The van der Waals surface area contributed by atoms with Crippen LogP contribution in [0.4, 0.5) is 0 Å². The SMILES string of the molecule is CCN(/C=C1/SC(=S)N(CCCOC)C1=O)C1CCS(=O)(=O)C1. The van der Waals surface area contributed by atoms with Gasteiger partial charge in [-0.3, -0.25) is 9.69 Å². The molecule has 6 nitrogen and oxygen atoms in total. The van der Waals surface area contributed by atoms with E-state index >= 15 is 0 Å². The lowest BCUT2D eigenvalue weighted by molar-refractivity contribution is -0.122. The van der Waals surface area contributed by atoms with Crippen molar-refractivity contribution in [3.05, 3.63) is 11.1 Å². The van der Waals surface area contributed by atoms with Crippen LogP contribution in [0.1, 0.15) is 19.8 Å². The van der Waals surface area contributed by atoms with E-state index in [1.807, 2.05) is 11.8 Å². The van der Waals surface area contributed by atoms with Crippen LogP contribution in [-0.2, 0) is 19.4 Å². The second-order valence-corrected chi connectivity index (χ2v) is 9.46. The summed E-state index contributed by atoms with van der Waals surface area (Å²) >= 11 is 6.56. The van der Waals surface area contributed by atoms with E-state index in [0.29, 0.717) is 35.3 Å². The van der Waals surface area contributed by atoms with E-state index in [1.54, 1.807) is 18.2 Å². The minimum atomic E-state index is -2.95. The maximum atomic E-state index is 12.5. The third-order valence-electron chi connectivity index (χ3n) is 3.93. The Morgan fingerprint density at radius 2 is 2.26 bits per heavy atom. The van der Waals surface area contributed by atoms with Gasteiger partial charge in [0, 0.05) is 39.0 Å². The summed E-state index contributed by atoms with van der Waals surface area (Å²) in [5.74, 6) is 0.279. The summed E-state index contributed by atoms with van der Waals surface area (Å²) in [4.78, 5) is 16.6. The second kappa shape index (κ2) is 7.96. The lowest BCUT2D eigenvalue weighted by atomic mass is 10.2. The molecule has 2 aliphatic heterocycles. The number of nitrogens with zero attached hydrogens (tertiary/aromatic N) is 2. The Balaban J connectivity index is 2.06. The van der Waals surface area contributed by atoms with Crippen molar-refractivity contribution in [1.29, 1.82) is 0 Å². The van der Waals surface area contributed by atoms with Crippen LogP contribution in [0.5, 0.6) is 0 Å². The Morgan fingerprint density at radius 1 is 1.52 bits per heavy atom. The molecule has 0 spiro atoms. The molecule has 2 aliphatic rings. The zero-order valence-electron chi connectivity index (χ0n) is 13.4. The zero-order valence-corrected chi connectivity index (χ0v) is 15.8. The summed E-state index contributed by atoms with van der Waals surface area (Å²) in [5.41, 5.74) is 0. The Labute approximate surface area is 147 Å². The topological polar surface area (TPSA) is 66.9 Å². The van der Waals surface area contributed by atoms with Gasteiger partial charge in [0.25, 0.3) is 5.91 Å². The molecule has 0 aromatic heterocycles. The van der Waals surface area contributed by atoms with Crippen molar-refractivity contribution in [3.63, 3.8) is 0 Å². The molecule has 2 rings (SSSR count). The average molecular weight is 379 g/mol. The number of carbonyl (C=O) groups is 1. The summed E-state index contributed by atoms with van der Waals surface area (Å²) in [6.45, 7) is 3.74. The number of amides is 1. The first-order valence-electron chi connectivity index (χ1n) is 7.58. The maximum Gasteiger partial charge on any atom is 0.267 e. The van der Waals surface area contributed by atoms with Gasteiger partial charge in [-0.15, -0.1) is 0 Å². The van der Waals surface area contributed by atoms with E-state index in [1.165, 1.54) is 11.8 Å². The molecular weight excluding hydrogens is 356 g/mol. The van der Waals surface area contributed by atoms with Crippen molar-refractivity contribution in [2.24, 2.45) is 0 Å². The second-order valence-electron chi connectivity index (χ2n) is 5.55. The van der Waals surface area contributed by atoms with Gasteiger partial charge in [0.1, 0.15) is 4.32 Å². The van der Waals surface area contributed by atoms with Gasteiger partial charge in [0.15, 0.2) is 9.84 Å². The Kier molecular flexibility index (Phi) is 6.47. The maximum absolute atomic E-state index is 12.5. The first-order valence-corrected chi connectivity index (χ1v) is 10.6. The molecule has 1 atom stereocenters. The van der Waals surface area contributed by atoms with Crippen LogP contribution >= 0.6 is 24.0 Å². The minimum absolute atomic E-state index is 0.0537. The van der Waals surface area contributed by atoms with Crippen LogP contribution < -0.4 is 0 Å². The van der Waals surface area contributed by atoms with Crippen molar-refractivity contribution in [2.75, 3.05) is 38.3 Å². The number of hydrogen-bond acceptors (Lipinski definition) is 7. The minimum Gasteiger partial charge on any atom is -0.385 e. The monoisotopic (exact) mass is 378 g/mol. The fourth-order valence-corrected chi connectivity index (χ4v) is 5.74. The molecule has 1 unspecified atom stereocenters. The van der Waals surface area contributed by atoms with Crippen LogP contribution in [0.3, 0.4) is 0 Å². The Morgan fingerprint density at radius 3 is 2.83 bits per heavy atom. The summed E-state index contributed by atoms with van der Waals surface area (Å²) in [6.07, 6.45) is 3.12. The summed E-state index contributed by atoms with van der Waals surface area (Å²) < 4.78 is 28.9. The van der Waals surface area contributed by atoms with Crippen molar-refractivity contribution in [3.8, 4) is 0 Å². The molecule has 0 aromatic rings. The zero-order chi connectivity index (χ0) is 17.0. The van der Waals surface area contributed by atoms with E-state index < -0.39 is 9.84 Å². The molecule has 130 valence electrons. The molecule has 2 saturated heterocycles. The highest BCUT2D eigenvalue weighted by Gasteiger charge is 2.35. The van der Waals surface area contributed by atoms with Crippen LogP contribution in [0.2, 0.25) is 0 Å². The first-order chi connectivity index (χ1) is 10.9. The third-order valence-corrected chi connectivity index (χ3v) is 7.05. The fourth-order valence-electron chi connectivity index (χ4n) is 2.69. The fraction of sp³-hybridized carbons (Fsp3) is 0.714. The van der Waals surface area contributed by atoms with Gasteiger partial charge in [0.2, 0.25) is 0 Å². The highest BCUT2D eigenvalue weighted by atomic mass is 32.2. The van der Waals surface area contributed by atoms with Crippen LogP contribution in [0.15, 0.2) is 11.1 Å². The lowest BCUT2D eigenvalue weighted by Gasteiger charge is -2.25. The van der Waals surface area contributed by atoms with E-state index in [-0.39, 0.29) is 23.5 Å². The molecule has 23 heavy (non-hydrogen) atoms. The Hall–Kier alpha value is -0.640. The van der Waals surface area contributed by atoms with Crippen molar-refractivity contribution >= 4 is 44.0 Å². The third kappa shape index (κ3) is 4.68. The van der Waals surface area contributed by atoms with Crippen LogP contribution in [-0.4, -0.2) is 72.8 Å². The quantitative estimate of drug-likeness (QED) is 0.375. The van der Waals surface area contributed by atoms with Gasteiger partial charge >= 0.3 is 0 Å². The predicted molar refractivity (Wildman–Crippen MR) is 95.9 cm³/mol. The number of rotatable bonds is 7. The van der Waals surface area contributed by atoms with Crippen molar-refractivity contribution in [1.82, 2.24) is 9.80 Å². The normalized spacial score (nSPS) is 25.6. The van der Waals surface area contributed by atoms with Gasteiger partial charge < -0.3 is 9.64 Å². The summed E-state index contributed by atoms with van der Waals surface area (Å²) in [7, 11) is -1.32. The highest BCUT2D eigenvalue weighted by Crippen LogP contribution is 2.32. The van der Waals surface area contributed by atoms with Gasteiger partial charge in [-0.1, -0.05) is 24.0 Å². The molecule has 2 fully saturated rings. The predicted octanol–water partition coefficient (Wildman–Crippen LogP) is 1.23. The number of hydrogen-bond donors (Lipinski definition) is 0. The van der Waals surface area contributed by atoms with Gasteiger partial charge in [-0.2, -0.15) is 0 Å². The van der Waals surface area contributed by atoms with E-state index in [4.69, 9.17) is 17.0 Å². The number of ether oxygens (including phenoxy) is 1. The number of methoxy groups -OCH3 is 1. The summed E-state index contributed by atoms with van der Waals surface area (Å²) in [6, 6.07) is -0.0537. The molecule has 0 radical (unpaired) electrons. The van der Waals surface area contributed by atoms with Gasteiger partial charge in [0.05, 0.1) is 16.4 Å².